The summed E-state index contributed by atoms with van der Waals surface area (Å²) in [5, 5.41) is 0. The van der Waals surface area contributed by atoms with Gasteiger partial charge >= 0.3 is 5.97 Å². The standard InChI is InChI=1S/C24H41NO2/c1-4-22(14-11-9-7-5-6-8-10-13-21(2)3)16-17-24(26)27-20-23-15-12-18-25-19-23/h12,15,18-19,21-22H,4-11,13-14,16-17,20H2,1-3H3. The number of esters is 1. The van der Waals surface area contributed by atoms with E-state index in [0.29, 0.717) is 18.9 Å². The molecule has 1 atom stereocenters. The molecular weight excluding hydrogens is 334 g/mol. The van der Waals surface area contributed by atoms with Crippen LogP contribution in [0.15, 0.2) is 24.5 Å². The molecule has 0 amide bonds. The normalized spacial score (nSPS) is 12.3. The van der Waals surface area contributed by atoms with Gasteiger partial charge in [-0.3, -0.25) is 9.78 Å². The number of pyridine rings is 1. The number of carbonyl (C=O) groups is 1. The topological polar surface area (TPSA) is 39.2 Å². The Morgan fingerprint density at radius 1 is 1.00 bits per heavy atom. The number of hydrogen-bond donors (Lipinski definition) is 0. The molecule has 1 heterocycles. The number of ether oxygens (including phenoxy) is 1. The summed E-state index contributed by atoms with van der Waals surface area (Å²) >= 11 is 0. The molecule has 0 N–H and O–H groups in total. The summed E-state index contributed by atoms with van der Waals surface area (Å²) in [6.45, 7) is 7.19. The van der Waals surface area contributed by atoms with E-state index in [2.05, 4.69) is 25.8 Å². The lowest BCUT2D eigenvalue weighted by atomic mass is 9.93. The summed E-state index contributed by atoms with van der Waals surface area (Å²) in [5.74, 6) is 1.42. The van der Waals surface area contributed by atoms with Crippen LogP contribution in [0.5, 0.6) is 0 Å². The Morgan fingerprint density at radius 2 is 1.67 bits per heavy atom. The van der Waals surface area contributed by atoms with Crippen molar-refractivity contribution in [1.29, 1.82) is 0 Å². The van der Waals surface area contributed by atoms with E-state index >= 15 is 0 Å². The highest BCUT2D eigenvalue weighted by molar-refractivity contribution is 5.69. The Balaban J connectivity index is 2.00. The van der Waals surface area contributed by atoms with Gasteiger partial charge in [-0.05, 0) is 24.3 Å². The molecule has 1 rings (SSSR count). The molecule has 3 heteroatoms. The van der Waals surface area contributed by atoms with Crippen molar-refractivity contribution in [2.75, 3.05) is 0 Å². The van der Waals surface area contributed by atoms with Crippen molar-refractivity contribution in [3.63, 3.8) is 0 Å². The first-order valence-corrected chi connectivity index (χ1v) is 11.2. The van der Waals surface area contributed by atoms with Crippen molar-refractivity contribution in [2.45, 2.75) is 104 Å². The van der Waals surface area contributed by atoms with Crippen molar-refractivity contribution < 1.29 is 9.53 Å². The summed E-state index contributed by atoms with van der Waals surface area (Å²) in [5.41, 5.74) is 0.946. The van der Waals surface area contributed by atoms with E-state index in [4.69, 9.17) is 4.74 Å². The van der Waals surface area contributed by atoms with Gasteiger partial charge in [-0.25, -0.2) is 0 Å². The van der Waals surface area contributed by atoms with Gasteiger partial charge in [0.05, 0.1) is 0 Å². The maximum Gasteiger partial charge on any atom is 0.306 e. The van der Waals surface area contributed by atoms with E-state index in [-0.39, 0.29) is 5.97 Å². The van der Waals surface area contributed by atoms with Gasteiger partial charge in [-0.2, -0.15) is 0 Å². The van der Waals surface area contributed by atoms with Gasteiger partial charge in [-0.1, -0.05) is 91.0 Å². The van der Waals surface area contributed by atoms with Crippen LogP contribution in [0.2, 0.25) is 0 Å². The molecule has 0 bridgehead atoms. The van der Waals surface area contributed by atoms with E-state index in [0.717, 1.165) is 24.3 Å². The number of rotatable bonds is 16. The van der Waals surface area contributed by atoms with Gasteiger partial charge in [0, 0.05) is 24.4 Å². The highest BCUT2D eigenvalue weighted by Crippen LogP contribution is 2.20. The van der Waals surface area contributed by atoms with Gasteiger partial charge in [0.15, 0.2) is 0 Å². The third kappa shape index (κ3) is 13.4. The Kier molecular flexibility index (Phi) is 13.7. The first-order valence-electron chi connectivity index (χ1n) is 11.2. The highest BCUT2D eigenvalue weighted by atomic mass is 16.5. The zero-order chi connectivity index (χ0) is 19.7. The number of nitrogens with zero attached hydrogens (tertiary/aromatic N) is 1. The van der Waals surface area contributed by atoms with Crippen LogP contribution in [0, 0.1) is 11.8 Å². The first-order chi connectivity index (χ1) is 13.1. The molecule has 3 nitrogen and oxygen atoms in total. The minimum Gasteiger partial charge on any atom is -0.461 e. The molecular formula is C24H41NO2. The molecule has 0 saturated carbocycles. The molecule has 27 heavy (non-hydrogen) atoms. The van der Waals surface area contributed by atoms with Crippen LogP contribution < -0.4 is 0 Å². The minimum absolute atomic E-state index is 0.0845. The lowest BCUT2D eigenvalue weighted by Gasteiger charge is -2.14. The van der Waals surface area contributed by atoms with E-state index in [1.807, 2.05) is 12.1 Å². The van der Waals surface area contributed by atoms with Crippen molar-refractivity contribution in [3.8, 4) is 0 Å². The first kappa shape index (κ1) is 23.7. The van der Waals surface area contributed by atoms with E-state index in [1.54, 1.807) is 12.4 Å². The van der Waals surface area contributed by atoms with Crippen LogP contribution in [-0.4, -0.2) is 11.0 Å². The third-order valence-corrected chi connectivity index (χ3v) is 5.35. The molecule has 0 fully saturated rings. The second kappa shape index (κ2) is 15.7. The largest absolute Gasteiger partial charge is 0.461 e. The zero-order valence-electron chi connectivity index (χ0n) is 17.9. The van der Waals surface area contributed by atoms with Gasteiger partial charge in [0.1, 0.15) is 6.61 Å². The number of aromatic nitrogens is 1. The van der Waals surface area contributed by atoms with Crippen LogP contribution in [0.3, 0.4) is 0 Å². The van der Waals surface area contributed by atoms with Crippen molar-refractivity contribution in [3.05, 3.63) is 30.1 Å². The molecule has 1 aromatic heterocycles. The second-order valence-electron chi connectivity index (χ2n) is 8.28. The average Bonchev–Trinajstić information content (AvgIpc) is 2.67. The van der Waals surface area contributed by atoms with Crippen molar-refractivity contribution in [2.24, 2.45) is 11.8 Å². The maximum atomic E-state index is 11.9. The van der Waals surface area contributed by atoms with Crippen molar-refractivity contribution in [1.82, 2.24) is 4.98 Å². The Bertz CT molecular complexity index is 473. The molecule has 0 radical (unpaired) electrons. The Morgan fingerprint density at radius 3 is 2.26 bits per heavy atom. The molecule has 0 saturated heterocycles. The van der Waals surface area contributed by atoms with E-state index < -0.39 is 0 Å². The highest BCUT2D eigenvalue weighted by Gasteiger charge is 2.10. The Hall–Kier alpha value is -1.38. The van der Waals surface area contributed by atoms with Crippen LogP contribution in [0.25, 0.3) is 0 Å². The lowest BCUT2D eigenvalue weighted by molar-refractivity contribution is -0.145. The summed E-state index contributed by atoms with van der Waals surface area (Å²) in [4.78, 5) is 16.0. The molecule has 0 aromatic carbocycles. The summed E-state index contributed by atoms with van der Waals surface area (Å²) < 4.78 is 5.35. The molecule has 154 valence electrons. The number of hydrogen-bond acceptors (Lipinski definition) is 3. The average molecular weight is 376 g/mol. The van der Waals surface area contributed by atoms with Crippen LogP contribution >= 0.6 is 0 Å². The van der Waals surface area contributed by atoms with Gasteiger partial charge < -0.3 is 4.74 Å². The monoisotopic (exact) mass is 375 g/mol. The summed E-state index contributed by atoms with van der Waals surface area (Å²) in [7, 11) is 0. The molecule has 0 aliphatic rings. The number of carbonyl (C=O) groups excluding carboxylic acids is 1. The smallest absolute Gasteiger partial charge is 0.306 e. The molecule has 0 aliphatic carbocycles. The van der Waals surface area contributed by atoms with Crippen molar-refractivity contribution >= 4 is 5.97 Å². The molecule has 0 spiro atoms. The van der Waals surface area contributed by atoms with Gasteiger partial charge in [-0.15, -0.1) is 0 Å². The fraction of sp³-hybridized carbons (Fsp3) is 0.750. The SMILES string of the molecule is CCC(CCCCCCCCCC(C)C)CCC(=O)OCc1cccnc1. The third-order valence-electron chi connectivity index (χ3n) is 5.35. The predicted molar refractivity (Wildman–Crippen MR) is 113 cm³/mol. The molecule has 0 aliphatic heterocycles. The summed E-state index contributed by atoms with van der Waals surface area (Å²) in [6, 6.07) is 3.79. The maximum absolute atomic E-state index is 11.9. The fourth-order valence-corrected chi connectivity index (χ4v) is 3.46. The second-order valence-corrected chi connectivity index (χ2v) is 8.28. The fourth-order valence-electron chi connectivity index (χ4n) is 3.46. The molecule has 1 unspecified atom stereocenters. The van der Waals surface area contributed by atoms with Crippen LogP contribution in [-0.2, 0) is 16.1 Å². The van der Waals surface area contributed by atoms with Gasteiger partial charge in [0.2, 0.25) is 0 Å². The summed E-state index contributed by atoms with van der Waals surface area (Å²) in [6.07, 6.45) is 18.3. The van der Waals surface area contributed by atoms with E-state index in [9.17, 15) is 4.79 Å². The van der Waals surface area contributed by atoms with Crippen LogP contribution in [0.1, 0.15) is 103 Å². The number of unbranched alkanes of at least 4 members (excludes halogenated alkanes) is 6. The quantitative estimate of drug-likeness (QED) is 0.228. The molecule has 1 aromatic rings. The van der Waals surface area contributed by atoms with E-state index in [1.165, 1.54) is 57.8 Å². The minimum atomic E-state index is -0.0845. The predicted octanol–water partition coefficient (Wildman–Crippen LogP) is 7.10. The Labute approximate surface area is 167 Å². The van der Waals surface area contributed by atoms with Gasteiger partial charge in [0.25, 0.3) is 0 Å². The zero-order valence-corrected chi connectivity index (χ0v) is 17.9. The lowest BCUT2D eigenvalue weighted by Crippen LogP contribution is -2.08. The van der Waals surface area contributed by atoms with Crippen LogP contribution in [0.4, 0.5) is 0 Å².